The number of nitrogens with zero attached hydrogens (tertiary/aromatic N) is 2. The maximum Gasteiger partial charge on any atom is 0.251 e. The molecule has 5 heteroatoms. The second-order valence-corrected chi connectivity index (χ2v) is 9.07. The molecule has 2 aromatic carbocycles. The predicted molar refractivity (Wildman–Crippen MR) is 124 cm³/mol. The fraction of sp³-hybridized carbons (Fsp3) is 0.500. The molecule has 2 saturated heterocycles. The van der Waals surface area contributed by atoms with E-state index in [1.54, 1.807) is 0 Å². The van der Waals surface area contributed by atoms with Gasteiger partial charge in [-0.05, 0) is 54.1 Å². The molecule has 0 aliphatic carbocycles. The summed E-state index contributed by atoms with van der Waals surface area (Å²) in [6, 6.07) is 16.6. The molecule has 2 fully saturated rings. The van der Waals surface area contributed by atoms with Crippen molar-refractivity contribution >= 4 is 5.91 Å². The van der Waals surface area contributed by atoms with Crippen LogP contribution in [0.25, 0.3) is 0 Å². The Kier molecular flexibility index (Phi) is 7.73. The van der Waals surface area contributed by atoms with Crippen LogP contribution in [0, 0.1) is 5.92 Å². The predicted octanol–water partition coefficient (Wildman–Crippen LogP) is 3.68. The van der Waals surface area contributed by atoms with Crippen molar-refractivity contribution in [2.45, 2.75) is 39.4 Å². The second kappa shape index (κ2) is 10.9. The van der Waals surface area contributed by atoms with Gasteiger partial charge in [0, 0.05) is 44.8 Å². The Morgan fingerprint density at radius 3 is 2.48 bits per heavy atom. The van der Waals surface area contributed by atoms with Gasteiger partial charge in [-0.1, -0.05) is 43.3 Å². The summed E-state index contributed by atoms with van der Waals surface area (Å²) >= 11 is 0. The van der Waals surface area contributed by atoms with E-state index in [4.69, 9.17) is 4.74 Å². The highest BCUT2D eigenvalue weighted by Gasteiger charge is 2.16. The monoisotopic (exact) mass is 421 g/mol. The third-order valence-corrected chi connectivity index (χ3v) is 6.32. The van der Waals surface area contributed by atoms with E-state index < -0.39 is 0 Å². The zero-order chi connectivity index (χ0) is 21.5. The molecule has 0 unspecified atom stereocenters. The van der Waals surface area contributed by atoms with Crippen LogP contribution in [0.1, 0.15) is 46.8 Å². The Balaban J connectivity index is 1.27. The molecule has 4 rings (SSSR count). The lowest BCUT2D eigenvalue weighted by molar-refractivity contribution is 0.0342. The molecular weight excluding hydrogens is 386 g/mol. The normalized spacial score (nSPS) is 20.5. The molecule has 2 aliphatic heterocycles. The molecule has 31 heavy (non-hydrogen) atoms. The standard InChI is InChI=1S/C26H35N3O2/c1-21-4-3-11-29(18-21)19-22-7-9-25(10-8-22)26(30)27-17-23-5-2-6-24(16-23)20-28-12-14-31-15-13-28/h2,5-10,16,21H,3-4,11-15,17-20H2,1H3,(H,27,30)/t21-/m0/s1. The van der Waals surface area contributed by atoms with Gasteiger partial charge in [-0.15, -0.1) is 0 Å². The van der Waals surface area contributed by atoms with Gasteiger partial charge in [0.15, 0.2) is 0 Å². The molecule has 2 heterocycles. The number of benzene rings is 2. The van der Waals surface area contributed by atoms with Crippen molar-refractivity contribution in [2.24, 2.45) is 5.92 Å². The van der Waals surface area contributed by atoms with Gasteiger partial charge in [-0.3, -0.25) is 14.6 Å². The van der Waals surface area contributed by atoms with Crippen LogP contribution in [-0.2, 0) is 24.4 Å². The van der Waals surface area contributed by atoms with E-state index in [0.717, 1.165) is 56.4 Å². The van der Waals surface area contributed by atoms with E-state index in [2.05, 4.69) is 58.4 Å². The summed E-state index contributed by atoms with van der Waals surface area (Å²) in [5.74, 6) is 0.767. The van der Waals surface area contributed by atoms with Gasteiger partial charge in [-0.25, -0.2) is 0 Å². The van der Waals surface area contributed by atoms with Gasteiger partial charge in [0.05, 0.1) is 13.2 Å². The number of hydrogen-bond donors (Lipinski definition) is 1. The zero-order valence-electron chi connectivity index (χ0n) is 18.7. The van der Waals surface area contributed by atoms with Gasteiger partial charge in [0.1, 0.15) is 0 Å². The average Bonchev–Trinajstić information content (AvgIpc) is 2.79. The molecule has 5 nitrogen and oxygen atoms in total. The van der Waals surface area contributed by atoms with E-state index in [1.807, 2.05) is 12.1 Å². The van der Waals surface area contributed by atoms with Crippen LogP contribution in [0.5, 0.6) is 0 Å². The molecule has 0 spiro atoms. The molecular formula is C26H35N3O2. The van der Waals surface area contributed by atoms with Gasteiger partial charge in [0.2, 0.25) is 0 Å². The van der Waals surface area contributed by atoms with Gasteiger partial charge in [-0.2, -0.15) is 0 Å². The van der Waals surface area contributed by atoms with Crippen molar-refractivity contribution in [1.82, 2.24) is 15.1 Å². The molecule has 1 atom stereocenters. The number of piperidine rings is 1. The molecule has 2 aliphatic rings. The van der Waals surface area contributed by atoms with Gasteiger partial charge in [0.25, 0.3) is 5.91 Å². The minimum absolute atomic E-state index is 0.0169. The number of morpholine rings is 1. The van der Waals surface area contributed by atoms with E-state index in [-0.39, 0.29) is 5.91 Å². The van der Waals surface area contributed by atoms with Crippen molar-refractivity contribution in [2.75, 3.05) is 39.4 Å². The fourth-order valence-electron chi connectivity index (χ4n) is 4.59. The van der Waals surface area contributed by atoms with Gasteiger partial charge >= 0.3 is 0 Å². The number of carbonyl (C=O) groups is 1. The quantitative estimate of drug-likeness (QED) is 0.741. The minimum Gasteiger partial charge on any atom is -0.379 e. The molecule has 0 radical (unpaired) electrons. The fourth-order valence-corrected chi connectivity index (χ4v) is 4.59. The molecule has 0 bridgehead atoms. The van der Waals surface area contributed by atoms with E-state index in [0.29, 0.717) is 6.54 Å². The summed E-state index contributed by atoms with van der Waals surface area (Å²) in [4.78, 5) is 17.6. The first-order valence-corrected chi connectivity index (χ1v) is 11.6. The number of amides is 1. The summed E-state index contributed by atoms with van der Waals surface area (Å²) in [6.45, 7) is 10.7. The van der Waals surface area contributed by atoms with Crippen molar-refractivity contribution in [3.8, 4) is 0 Å². The lowest BCUT2D eigenvalue weighted by Crippen LogP contribution is -2.35. The molecule has 166 valence electrons. The Hall–Kier alpha value is -2.21. The number of hydrogen-bond acceptors (Lipinski definition) is 4. The minimum atomic E-state index is -0.0169. The van der Waals surface area contributed by atoms with Crippen LogP contribution in [0.2, 0.25) is 0 Å². The van der Waals surface area contributed by atoms with Crippen molar-refractivity contribution < 1.29 is 9.53 Å². The summed E-state index contributed by atoms with van der Waals surface area (Å²) in [5, 5.41) is 3.07. The van der Waals surface area contributed by atoms with E-state index >= 15 is 0 Å². The maximum absolute atomic E-state index is 12.6. The average molecular weight is 422 g/mol. The molecule has 0 aromatic heterocycles. The summed E-state index contributed by atoms with van der Waals surface area (Å²) in [6.07, 6.45) is 2.63. The van der Waals surface area contributed by atoms with Crippen LogP contribution in [-0.4, -0.2) is 55.1 Å². The smallest absolute Gasteiger partial charge is 0.251 e. The van der Waals surface area contributed by atoms with Gasteiger partial charge < -0.3 is 10.1 Å². The molecule has 1 N–H and O–H groups in total. The Bertz CT molecular complexity index is 846. The lowest BCUT2D eigenvalue weighted by Gasteiger charge is -2.30. The van der Waals surface area contributed by atoms with Crippen LogP contribution in [0.3, 0.4) is 0 Å². The van der Waals surface area contributed by atoms with E-state index in [9.17, 15) is 4.79 Å². The highest BCUT2D eigenvalue weighted by Crippen LogP contribution is 2.18. The largest absolute Gasteiger partial charge is 0.379 e. The van der Waals surface area contributed by atoms with Crippen molar-refractivity contribution in [3.05, 3.63) is 70.8 Å². The van der Waals surface area contributed by atoms with Crippen LogP contribution in [0.15, 0.2) is 48.5 Å². The zero-order valence-corrected chi connectivity index (χ0v) is 18.7. The summed E-state index contributed by atoms with van der Waals surface area (Å²) in [7, 11) is 0. The SMILES string of the molecule is C[C@H]1CCCN(Cc2ccc(C(=O)NCc3cccc(CN4CCOCC4)c3)cc2)C1. The van der Waals surface area contributed by atoms with E-state index in [1.165, 1.54) is 37.1 Å². The Morgan fingerprint density at radius 1 is 0.968 bits per heavy atom. The van der Waals surface area contributed by atoms with Crippen molar-refractivity contribution in [1.29, 1.82) is 0 Å². The maximum atomic E-state index is 12.6. The number of likely N-dealkylation sites (tertiary alicyclic amines) is 1. The third-order valence-electron chi connectivity index (χ3n) is 6.32. The number of carbonyl (C=O) groups excluding carboxylic acids is 1. The topological polar surface area (TPSA) is 44.8 Å². The summed E-state index contributed by atoms with van der Waals surface area (Å²) < 4.78 is 5.43. The van der Waals surface area contributed by atoms with Crippen LogP contribution < -0.4 is 5.32 Å². The molecule has 1 amide bonds. The first-order chi connectivity index (χ1) is 15.2. The second-order valence-electron chi connectivity index (χ2n) is 9.07. The highest BCUT2D eigenvalue weighted by molar-refractivity contribution is 5.94. The molecule has 0 saturated carbocycles. The molecule has 2 aromatic rings. The number of rotatable bonds is 7. The highest BCUT2D eigenvalue weighted by atomic mass is 16.5. The third kappa shape index (κ3) is 6.63. The number of nitrogens with one attached hydrogen (secondary N) is 1. The summed E-state index contributed by atoms with van der Waals surface area (Å²) in [5.41, 5.74) is 4.42. The Morgan fingerprint density at radius 2 is 1.71 bits per heavy atom. The van der Waals surface area contributed by atoms with Crippen LogP contribution in [0.4, 0.5) is 0 Å². The van der Waals surface area contributed by atoms with Crippen LogP contribution >= 0.6 is 0 Å². The first-order valence-electron chi connectivity index (χ1n) is 11.6. The lowest BCUT2D eigenvalue weighted by atomic mass is 9.99. The number of ether oxygens (including phenoxy) is 1. The first kappa shape index (κ1) is 22.0. The van der Waals surface area contributed by atoms with Crippen molar-refractivity contribution in [3.63, 3.8) is 0 Å². The Labute approximate surface area is 186 Å².